The van der Waals surface area contributed by atoms with Gasteiger partial charge in [-0.1, -0.05) is 18.6 Å². The second-order valence-corrected chi connectivity index (χ2v) is 5.67. The SMILES string of the molecule is CC(c1nc2ccccc2n1CCN)N1CCCCC1. The summed E-state index contributed by atoms with van der Waals surface area (Å²) in [6, 6.07) is 8.73. The van der Waals surface area contributed by atoms with Crippen molar-refractivity contribution in [1.82, 2.24) is 14.5 Å². The summed E-state index contributed by atoms with van der Waals surface area (Å²) in [6.07, 6.45) is 3.98. The van der Waals surface area contributed by atoms with E-state index in [1.807, 2.05) is 0 Å². The lowest BCUT2D eigenvalue weighted by Crippen LogP contribution is -2.34. The normalized spacial score (nSPS) is 18.5. The van der Waals surface area contributed by atoms with Crippen LogP contribution in [0.1, 0.15) is 38.1 Å². The van der Waals surface area contributed by atoms with Crippen LogP contribution in [0, 0.1) is 0 Å². The smallest absolute Gasteiger partial charge is 0.127 e. The molecule has 4 heteroatoms. The average Bonchev–Trinajstić information content (AvgIpc) is 2.87. The number of piperidine rings is 1. The summed E-state index contributed by atoms with van der Waals surface area (Å²) >= 11 is 0. The third kappa shape index (κ3) is 2.45. The Balaban J connectivity index is 1.98. The Morgan fingerprint density at radius 1 is 1.20 bits per heavy atom. The van der Waals surface area contributed by atoms with Gasteiger partial charge in [0.2, 0.25) is 0 Å². The second kappa shape index (κ2) is 5.94. The lowest BCUT2D eigenvalue weighted by Gasteiger charge is -2.32. The lowest BCUT2D eigenvalue weighted by atomic mass is 10.1. The van der Waals surface area contributed by atoms with Crippen molar-refractivity contribution >= 4 is 11.0 Å². The molecule has 0 bridgehead atoms. The van der Waals surface area contributed by atoms with Crippen LogP contribution in [-0.2, 0) is 6.54 Å². The zero-order valence-corrected chi connectivity index (χ0v) is 12.3. The van der Waals surface area contributed by atoms with Gasteiger partial charge in [0, 0.05) is 13.1 Å². The summed E-state index contributed by atoms with van der Waals surface area (Å²) in [5, 5.41) is 0. The molecule has 1 atom stereocenters. The topological polar surface area (TPSA) is 47.1 Å². The van der Waals surface area contributed by atoms with Gasteiger partial charge in [-0.05, 0) is 45.0 Å². The number of nitrogens with two attached hydrogens (primary N) is 1. The Hall–Kier alpha value is -1.39. The number of aromatic nitrogens is 2. The summed E-state index contributed by atoms with van der Waals surface area (Å²) in [7, 11) is 0. The molecule has 1 aliphatic heterocycles. The minimum Gasteiger partial charge on any atom is -0.329 e. The molecular formula is C16H24N4. The van der Waals surface area contributed by atoms with Crippen LogP contribution in [0.3, 0.4) is 0 Å². The Bertz CT molecular complexity index is 569. The number of likely N-dealkylation sites (tertiary alicyclic amines) is 1. The summed E-state index contributed by atoms with van der Waals surface area (Å²) < 4.78 is 2.30. The molecule has 1 fully saturated rings. The lowest BCUT2D eigenvalue weighted by molar-refractivity contribution is 0.166. The van der Waals surface area contributed by atoms with Crippen molar-refractivity contribution in [3.05, 3.63) is 30.1 Å². The maximum absolute atomic E-state index is 5.80. The van der Waals surface area contributed by atoms with Crippen molar-refractivity contribution in [2.24, 2.45) is 5.73 Å². The molecule has 108 valence electrons. The zero-order chi connectivity index (χ0) is 13.9. The third-order valence-corrected chi connectivity index (χ3v) is 4.35. The summed E-state index contributed by atoms with van der Waals surface area (Å²) in [4.78, 5) is 7.43. The van der Waals surface area contributed by atoms with Gasteiger partial charge >= 0.3 is 0 Å². The van der Waals surface area contributed by atoms with E-state index >= 15 is 0 Å². The standard InChI is InChI=1S/C16H24N4/c1-13(19-10-5-2-6-11-19)16-18-14-7-3-4-8-15(14)20(16)12-9-17/h3-4,7-8,13H,2,5-6,9-12,17H2,1H3. The number of nitrogens with zero attached hydrogens (tertiary/aromatic N) is 3. The molecule has 20 heavy (non-hydrogen) atoms. The van der Waals surface area contributed by atoms with Crippen molar-refractivity contribution in [3.63, 3.8) is 0 Å². The predicted molar refractivity (Wildman–Crippen MR) is 82.6 cm³/mol. The molecule has 0 saturated carbocycles. The van der Waals surface area contributed by atoms with Gasteiger partial charge in [0.05, 0.1) is 17.1 Å². The second-order valence-electron chi connectivity index (χ2n) is 5.67. The molecule has 1 aliphatic rings. The van der Waals surface area contributed by atoms with Gasteiger partial charge < -0.3 is 10.3 Å². The van der Waals surface area contributed by atoms with Crippen LogP contribution >= 0.6 is 0 Å². The highest BCUT2D eigenvalue weighted by atomic mass is 15.2. The van der Waals surface area contributed by atoms with E-state index in [2.05, 4.69) is 40.7 Å². The van der Waals surface area contributed by atoms with Gasteiger partial charge in [-0.25, -0.2) is 4.98 Å². The number of fused-ring (bicyclic) bond motifs is 1. The van der Waals surface area contributed by atoms with Crippen molar-refractivity contribution in [1.29, 1.82) is 0 Å². The molecule has 4 nitrogen and oxygen atoms in total. The number of rotatable bonds is 4. The van der Waals surface area contributed by atoms with Crippen molar-refractivity contribution < 1.29 is 0 Å². The van der Waals surface area contributed by atoms with E-state index in [4.69, 9.17) is 10.7 Å². The fourth-order valence-electron chi connectivity index (χ4n) is 3.25. The number of hydrogen-bond acceptors (Lipinski definition) is 3. The Morgan fingerprint density at radius 3 is 2.70 bits per heavy atom. The van der Waals surface area contributed by atoms with E-state index in [0.29, 0.717) is 12.6 Å². The number of imidazole rings is 1. The van der Waals surface area contributed by atoms with Crippen LogP contribution in [-0.4, -0.2) is 34.1 Å². The van der Waals surface area contributed by atoms with Crippen LogP contribution in [0.5, 0.6) is 0 Å². The van der Waals surface area contributed by atoms with E-state index in [1.54, 1.807) is 0 Å². The Morgan fingerprint density at radius 2 is 1.95 bits per heavy atom. The molecule has 3 rings (SSSR count). The fraction of sp³-hybridized carbons (Fsp3) is 0.562. The summed E-state index contributed by atoms with van der Waals surface area (Å²) in [5.41, 5.74) is 8.08. The molecule has 1 aromatic carbocycles. The number of para-hydroxylation sites is 2. The van der Waals surface area contributed by atoms with E-state index in [1.165, 1.54) is 43.7 Å². The quantitative estimate of drug-likeness (QED) is 0.930. The van der Waals surface area contributed by atoms with Gasteiger partial charge in [0.15, 0.2) is 0 Å². The van der Waals surface area contributed by atoms with E-state index < -0.39 is 0 Å². The highest BCUT2D eigenvalue weighted by molar-refractivity contribution is 5.76. The van der Waals surface area contributed by atoms with Gasteiger partial charge in [0.1, 0.15) is 5.82 Å². The van der Waals surface area contributed by atoms with Gasteiger partial charge in [-0.3, -0.25) is 4.90 Å². The molecule has 2 heterocycles. The van der Waals surface area contributed by atoms with Crippen LogP contribution in [0.2, 0.25) is 0 Å². The first-order chi connectivity index (χ1) is 9.81. The van der Waals surface area contributed by atoms with Crippen LogP contribution in [0.25, 0.3) is 11.0 Å². The molecule has 1 unspecified atom stereocenters. The fourth-order valence-corrected chi connectivity index (χ4v) is 3.25. The highest BCUT2D eigenvalue weighted by Gasteiger charge is 2.23. The van der Waals surface area contributed by atoms with Crippen molar-refractivity contribution in [2.45, 2.75) is 38.8 Å². The van der Waals surface area contributed by atoms with Crippen LogP contribution in [0.4, 0.5) is 0 Å². The first-order valence-corrected chi connectivity index (χ1v) is 7.70. The molecule has 1 saturated heterocycles. The van der Waals surface area contributed by atoms with Crippen LogP contribution in [0.15, 0.2) is 24.3 Å². The minimum absolute atomic E-state index is 0.370. The highest BCUT2D eigenvalue weighted by Crippen LogP contribution is 2.26. The van der Waals surface area contributed by atoms with E-state index in [-0.39, 0.29) is 0 Å². The van der Waals surface area contributed by atoms with E-state index in [9.17, 15) is 0 Å². The zero-order valence-electron chi connectivity index (χ0n) is 12.3. The molecule has 2 aromatic rings. The maximum Gasteiger partial charge on any atom is 0.127 e. The summed E-state index contributed by atoms with van der Waals surface area (Å²) in [5.74, 6) is 1.17. The van der Waals surface area contributed by atoms with Gasteiger partial charge in [-0.2, -0.15) is 0 Å². The molecule has 1 aromatic heterocycles. The predicted octanol–water partition coefficient (Wildman–Crippen LogP) is 2.54. The molecule has 2 N–H and O–H groups in total. The monoisotopic (exact) mass is 272 g/mol. The Labute approximate surface area is 120 Å². The third-order valence-electron chi connectivity index (χ3n) is 4.35. The Kier molecular flexibility index (Phi) is 4.03. The number of hydrogen-bond donors (Lipinski definition) is 1. The van der Waals surface area contributed by atoms with Crippen LogP contribution < -0.4 is 5.73 Å². The van der Waals surface area contributed by atoms with E-state index in [0.717, 1.165) is 12.1 Å². The summed E-state index contributed by atoms with van der Waals surface area (Å²) in [6.45, 7) is 6.15. The van der Waals surface area contributed by atoms with Crippen molar-refractivity contribution in [2.75, 3.05) is 19.6 Å². The van der Waals surface area contributed by atoms with Gasteiger partial charge in [-0.15, -0.1) is 0 Å². The largest absolute Gasteiger partial charge is 0.329 e. The first kappa shape index (κ1) is 13.6. The van der Waals surface area contributed by atoms with Crippen molar-refractivity contribution in [3.8, 4) is 0 Å². The molecule has 0 amide bonds. The first-order valence-electron chi connectivity index (χ1n) is 7.70. The van der Waals surface area contributed by atoms with Gasteiger partial charge in [0.25, 0.3) is 0 Å². The molecule has 0 aliphatic carbocycles. The molecular weight excluding hydrogens is 248 g/mol. The minimum atomic E-state index is 0.370. The maximum atomic E-state index is 5.80. The number of benzene rings is 1. The average molecular weight is 272 g/mol. The molecule has 0 radical (unpaired) electrons. The molecule has 0 spiro atoms.